The summed E-state index contributed by atoms with van der Waals surface area (Å²) < 4.78 is 5.61. The van der Waals surface area contributed by atoms with Crippen LogP contribution in [-0.4, -0.2) is 43.3 Å². The second kappa shape index (κ2) is 6.39. The molecule has 1 aliphatic rings. The fourth-order valence-corrected chi connectivity index (χ4v) is 2.79. The van der Waals surface area contributed by atoms with E-state index in [1.165, 1.54) is 0 Å². The first-order chi connectivity index (χ1) is 9.60. The molecule has 0 radical (unpaired) electrons. The molecular weight excluding hydrogens is 252 g/mol. The maximum absolute atomic E-state index is 5.61. The van der Waals surface area contributed by atoms with Crippen LogP contribution in [0.25, 0.3) is 0 Å². The van der Waals surface area contributed by atoms with Crippen molar-refractivity contribution >= 4 is 11.6 Å². The van der Waals surface area contributed by atoms with Gasteiger partial charge in [-0.05, 0) is 19.3 Å². The number of aromatic nitrogens is 2. The third kappa shape index (κ3) is 2.87. The molecule has 0 aliphatic carbocycles. The van der Waals surface area contributed by atoms with Crippen molar-refractivity contribution in [1.82, 2.24) is 9.97 Å². The fraction of sp³-hybridized carbons (Fsp3) is 0.733. The number of methoxy groups -OCH3 is 1. The third-order valence-electron chi connectivity index (χ3n) is 4.21. The van der Waals surface area contributed by atoms with E-state index in [1.54, 1.807) is 7.11 Å². The van der Waals surface area contributed by atoms with E-state index in [4.69, 9.17) is 9.72 Å². The molecule has 1 aromatic heterocycles. The lowest BCUT2D eigenvalue weighted by Crippen LogP contribution is -2.44. The van der Waals surface area contributed by atoms with Gasteiger partial charge in [0, 0.05) is 39.2 Å². The standard InChI is InChI=1S/C15H26N4O/c1-6-13-17-14(16-4)11(3)15(18-13)19-8-7-10(2)12(9-19)20-5/h10,12H,6-9H2,1-5H3,(H,16,17,18). The van der Waals surface area contributed by atoms with Crippen LogP contribution >= 0.6 is 0 Å². The minimum atomic E-state index is 0.279. The minimum Gasteiger partial charge on any atom is -0.379 e. The van der Waals surface area contributed by atoms with E-state index in [0.29, 0.717) is 5.92 Å². The minimum absolute atomic E-state index is 0.279. The Bertz CT molecular complexity index is 463. The highest BCUT2D eigenvalue weighted by Crippen LogP contribution is 2.28. The first-order valence-electron chi connectivity index (χ1n) is 7.43. The van der Waals surface area contributed by atoms with Crippen LogP contribution in [0.3, 0.4) is 0 Å². The Morgan fingerprint density at radius 2 is 2.15 bits per heavy atom. The summed E-state index contributed by atoms with van der Waals surface area (Å²) in [6.07, 6.45) is 2.26. The van der Waals surface area contributed by atoms with Crippen LogP contribution in [0.2, 0.25) is 0 Å². The lowest BCUT2D eigenvalue weighted by molar-refractivity contribution is 0.0496. The molecule has 2 heterocycles. The number of nitrogens with zero attached hydrogens (tertiary/aromatic N) is 3. The van der Waals surface area contributed by atoms with E-state index in [9.17, 15) is 0 Å². The quantitative estimate of drug-likeness (QED) is 0.915. The fourth-order valence-electron chi connectivity index (χ4n) is 2.79. The van der Waals surface area contributed by atoms with Gasteiger partial charge in [-0.1, -0.05) is 13.8 Å². The molecule has 0 aromatic carbocycles. The molecule has 5 heteroatoms. The molecule has 0 saturated carbocycles. The first kappa shape index (κ1) is 15.0. The molecule has 1 N–H and O–H groups in total. The number of hydrogen-bond donors (Lipinski definition) is 1. The molecule has 1 aromatic rings. The summed E-state index contributed by atoms with van der Waals surface area (Å²) in [5.74, 6) is 3.48. The Hall–Kier alpha value is -1.36. The molecule has 1 saturated heterocycles. The van der Waals surface area contributed by atoms with Crippen LogP contribution in [-0.2, 0) is 11.2 Å². The van der Waals surface area contributed by atoms with Gasteiger partial charge in [-0.25, -0.2) is 9.97 Å². The molecule has 5 nitrogen and oxygen atoms in total. The number of piperidine rings is 1. The molecule has 2 atom stereocenters. The Kier molecular flexibility index (Phi) is 4.81. The van der Waals surface area contributed by atoms with Gasteiger partial charge in [0.1, 0.15) is 17.5 Å². The van der Waals surface area contributed by atoms with Crippen molar-refractivity contribution in [3.05, 3.63) is 11.4 Å². The zero-order valence-electron chi connectivity index (χ0n) is 13.2. The molecule has 2 unspecified atom stereocenters. The molecule has 2 rings (SSSR count). The average molecular weight is 278 g/mol. The predicted octanol–water partition coefficient (Wildman–Crippen LogP) is 2.25. The number of rotatable bonds is 4. The van der Waals surface area contributed by atoms with Crippen LogP contribution in [0.5, 0.6) is 0 Å². The smallest absolute Gasteiger partial charge is 0.137 e. The summed E-state index contributed by atoms with van der Waals surface area (Å²) >= 11 is 0. The van der Waals surface area contributed by atoms with Crippen LogP contribution in [0.15, 0.2) is 0 Å². The topological polar surface area (TPSA) is 50.3 Å². The zero-order valence-corrected chi connectivity index (χ0v) is 13.2. The summed E-state index contributed by atoms with van der Waals surface area (Å²) in [7, 11) is 3.71. The lowest BCUT2D eigenvalue weighted by Gasteiger charge is -2.37. The van der Waals surface area contributed by atoms with Gasteiger partial charge in [-0.15, -0.1) is 0 Å². The van der Waals surface area contributed by atoms with Gasteiger partial charge in [0.2, 0.25) is 0 Å². The van der Waals surface area contributed by atoms with Crippen molar-refractivity contribution in [2.24, 2.45) is 5.92 Å². The maximum Gasteiger partial charge on any atom is 0.137 e. The first-order valence-corrected chi connectivity index (χ1v) is 7.43. The number of anilines is 2. The third-order valence-corrected chi connectivity index (χ3v) is 4.21. The molecule has 112 valence electrons. The predicted molar refractivity (Wildman–Crippen MR) is 82.5 cm³/mol. The number of hydrogen-bond acceptors (Lipinski definition) is 5. The summed E-state index contributed by atoms with van der Waals surface area (Å²) in [6, 6.07) is 0. The lowest BCUT2D eigenvalue weighted by atomic mass is 9.95. The van der Waals surface area contributed by atoms with Crippen LogP contribution in [0, 0.1) is 12.8 Å². The Morgan fingerprint density at radius 1 is 1.40 bits per heavy atom. The van der Waals surface area contributed by atoms with Crippen molar-refractivity contribution in [3.63, 3.8) is 0 Å². The Labute approximate surface area is 121 Å². The van der Waals surface area contributed by atoms with Crippen LogP contribution < -0.4 is 10.2 Å². The summed E-state index contributed by atoms with van der Waals surface area (Å²) in [5.41, 5.74) is 1.12. The highest BCUT2D eigenvalue weighted by atomic mass is 16.5. The van der Waals surface area contributed by atoms with E-state index >= 15 is 0 Å². The van der Waals surface area contributed by atoms with Crippen molar-refractivity contribution in [2.45, 2.75) is 39.7 Å². The summed E-state index contributed by atoms with van der Waals surface area (Å²) in [4.78, 5) is 11.6. The second-order valence-electron chi connectivity index (χ2n) is 5.53. The molecule has 1 fully saturated rings. The van der Waals surface area contributed by atoms with Crippen LogP contribution in [0.4, 0.5) is 11.6 Å². The molecule has 1 aliphatic heterocycles. The average Bonchev–Trinajstić information content (AvgIpc) is 2.48. The van der Waals surface area contributed by atoms with Gasteiger partial charge in [-0.2, -0.15) is 0 Å². The van der Waals surface area contributed by atoms with Crippen molar-refractivity contribution < 1.29 is 4.74 Å². The number of nitrogens with one attached hydrogen (secondary N) is 1. The van der Waals surface area contributed by atoms with E-state index < -0.39 is 0 Å². The van der Waals surface area contributed by atoms with Gasteiger partial charge in [-0.3, -0.25) is 0 Å². The highest BCUT2D eigenvalue weighted by Gasteiger charge is 2.28. The van der Waals surface area contributed by atoms with E-state index in [1.807, 2.05) is 7.05 Å². The van der Waals surface area contributed by atoms with Crippen LogP contribution in [0.1, 0.15) is 31.7 Å². The highest BCUT2D eigenvalue weighted by molar-refractivity contribution is 5.58. The summed E-state index contributed by atoms with van der Waals surface area (Å²) in [5, 5.41) is 3.17. The van der Waals surface area contributed by atoms with Gasteiger partial charge < -0.3 is 15.0 Å². The van der Waals surface area contributed by atoms with Gasteiger partial charge in [0.15, 0.2) is 0 Å². The SMILES string of the molecule is CCc1nc(NC)c(C)c(N2CCC(C)C(OC)C2)n1. The molecular formula is C15H26N4O. The molecule has 20 heavy (non-hydrogen) atoms. The monoisotopic (exact) mass is 278 g/mol. The molecule has 0 bridgehead atoms. The van der Waals surface area contributed by atoms with E-state index in [-0.39, 0.29) is 6.10 Å². The Balaban J connectivity index is 2.32. The zero-order chi connectivity index (χ0) is 14.7. The Morgan fingerprint density at radius 3 is 2.75 bits per heavy atom. The van der Waals surface area contributed by atoms with Crippen molar-refractivity contribution in [3.8, 4) is 0 Å². The number of aryl methyl sites for hydroxylation is 1. The van der Waals surface area contributed by atoms with Gasteiger partial charge in [0.25, 0.3) is 0 Å². The maximum atomic E-state index is 5.61. The van der Waals surface area contributed by atoms with Gasteiger partial charge in [0.05, 0.1) is 6.10 Å². The second-order valence-corrected chi connectivity index (χ2v) is 5.53. The van der Waals surface area contributed by atoms with E-state index in [2.05, 4.69) is 36.0 Å². The summed E-state index contributed by atoms with van der Waals surface area (Å²) in [6.45, 7) is 8.37. The number of ether oxygens (including phenoxy) is 1. The largest absolute Gasteiger partial charge is 0.379 e. The molecule has 0 spiro atoms. The molecule has 0 amide bonds. The van der Waals surface area contributed by atoms with E-state index in [0.717, 1.165) is 49.0 Å². The normalized spacial score (nSPS) is 22.9. The van der Waals surface area contributed by atoms with Crippen molar-refractivity contribution in [2.75, 3.05) is 37.5 Å². The van der Waals surface area contributed by atoms with Gasteiger partial charge >= 0.3 is 0 Å². The van der Waals surface area contributed by atoms with Crippen molar-refractivity contribution in [1.29, 1.82) is 0 Å².